The molecular weight excluding hydrogens is 218 g/mol. The van der Waals surface area contributed by atoms with Gasteiger partial charge in [0.15, 0.2) is 0 Å². The fourth-order valence-corrected chi connectivity index (χ4v) is 1.74. The van der Waals surface area contributed by atoms with E-state index in [2.05, 4.69) is 0 Å². The first-order valence-electron chi connectivity index (χ1n) is 5.38. The van der Waals surface area contributed by atoms with Crippen molar-refractivity contribution in [3.05, 3.63) is 30.5 Å². The molecular formula is C13H15NO3. The molecule has 0 aliphatic carbocycles. The number of para-hydroxylation sites is 1. The third-order valence-electron chi connectivity index (χ3n) is 2.65. The number of benzene rings is 1. The summed E-state index contributed by atoms with van der Waals surface area (Å²) in [4.78, 5) is 13.3. The molecule has 0 radical (unpaired) electrons. The van der Waals surface area contributed by atoms with Crippen LogP contribution >= 0.6 is 0 Å². The van der Waals surface area contributed by atoms with Gasteiger partial charge in [-0.05, 0) is 26.0 Å². The maximum Gasteiger partial charge on any atom is 0.258 e. The Kier molecular flexibility index (Phi) is 2.67. The maximum atomic E-state index is 11.9. The summed E-state index contributed by atoms with van der Waals surface area (Å²) in [6, 6.07) is 7.46. The fourth-order valence-electron chi connectivity index (χ4n) is 1.74. The molecule has 1 amide bonds. The van der Waals surface area contributed by atoms with E-state index >= 15 is 0 Å². The summed E-state index contributed by atoms with van der Waals surface area (Å²) < 4.78 is 5.36. The SMILES string of the molecule is CN(C(=O)C(C)(C)O)c1coc2ccccc12. The molecule has 0 saturated carbocycles. The molecule has 0 spiro atoms. The maximum absolute atomic E-state index is 11.9. The lowest BCUT2D eigenvalue weighted by atomic mass is 10.1. The summed E-state index contributed by atoms with van der Waals surface area (Å²) in [6.07, 6.45) is 1.52. The van der Waals surface area contributed by atoms with Crippen LogP contribution < -0.4 is 4.90 Å². The predicted molar refractivity (Wildman–Crippen MR) is 65.9 cm³/mol. The molecule has 0 fully saturated rings. The van der Waals surface area contributed by atoms with Crippen molar-refractivity contribution in [3.63, 3.8) is 0 Å². The summed E-state index contributed by atoms with van der Waals surface area (Å²) in [5.74, 6) is -0.371. The van der Waals surface area contributed by atoms with Crippen LogP contribution in [0.15, 0.2) is 34.9 Å². The van der Waals surface area contributed by atoms with Gasteiger partial charge in [0.25, 0.3) is 5.91 Å². The topological polar surface area (TPSA) is 53.7 Å². The summed E-state index contributed by atoms with van der Waals surface area (Å²) in [5.41, 5.74) is -0.0155. The first kappa shape index (κ1) is 11.7. The second-order valence-electron chi connectivity index (χ2n) is 4.54. The smallest absolute Gasteiger partial charge is 0.258 e. The van der Waals surface area contributed by atoms with Gasteiger partial charge in [0.2, 0.25) is 0 Å². The van der Waals surface area contributed by atoms with Gasteiger partial charge >= 0.3 is 0 Å². The van der Waals surface area contributed by atoms with E-state index in [9.17, 15) is 9.90 Å². The van der Waals surface area contributed by atoms with Crippen molar-refractivity contribution in [2.24, 2.45) is 0 Å². The van der Waals surface area contributed by atoms with Gasteiger partial charge in [0.05, 0.1) is 5.69 Å². The Hall–Kier alpha value is -1.81. The number of fused-ring (bicyclic) bond motifs is 1. The predicted octanol–water partition coefficient (Wildman–Crippen LogP) is 2.17. The van der Waals surface area contributed by atoms with Crippen molar-refractivity contribution < 1.29 is 14.3 Å². The molecule has 1 heterocycles. The molecule has 17 heavy (non-hydrogen) atoms. The highest BCUT2D eigenvalue weighted by Crippen LogP contribution is 2.29. The Morgan fingerprint density at radius 1 is 1.35 bits per heavy atom. The van der Waals surface area contributed by atoms with Gasteiger partial charge in [0, 0.05) is 12.4 Å². The van der Waals surface area contributed by atoms with Crippen LogP contribution in [0.25, 0.3) is 11.0 Å². The summed E-state index contributed by atoms with van der Waals surface area (Å²) >= 11 is 0. The number of anilines is 1. The van der Waals surface area contributed by atoms with Gasteiger partial charge in [-0.2, -0.15) is 0 Å². The summed E-state index contributed by atoms with van der Waals surface area (Å²) in [5, 5.41) is 10.6. The van der Waals surface area contributed by atoms with E-state index in [4.69, 9.17) is 4.42 Å². The van der Waals surface area contributed by atoms with Crippen LogP contribution in [0.2, 0.25) is 0 Å². The summed E-state index contributed by atoms with van der Waals surface area (Å²) in [6.45, 7) is 2.93. The molecule has 1 aromatic heterocycles. The third-order valence-corrected chi connectivity index (χ3v) is 2.65. The second-order valence-corrected chi connectivity index (χ2v) is 4.54. The Balaban J connectivity index is 2.44. The Labute approximate surface area is 99.4 Å². The van der Waals surface area contributed by atoms with Gasteiger partial charge in [-0.25, -0.2) is 0 Å². The lowest BCUT2D eigenvalue weighted by molar-refractivity contribution is -0.133. The number of amides is 1. The molecule has 0 aliphatic heterocycles. The van der Waals surface area contributed by atoms with Gasteiger partial charge in [-0.15, -0.1) is 0 Å². The quantitative estimate of drug-likeness (QED) is 0.864. The monoisotopic (exact) mass is 233 g/mol. The van der Waals surface area contributed by atoms with E-state index < -0.39 is 5.60 Å². The van der Waals surface area contributed by atoms with Crippen molar-refractivity contribution in [2.75, 3.05) is 11.9 Å². The molecule has 4 nitrogen and oxygen atoms in total. The molecule has 90 valence electrons. The zero-order chi connectivity index (χ0) is 12.6. The number of aliphatic hydroxyl groups is 1. The molecule has 1 N–H and O–H groups in total. The number of carbonyl (C=O) groups is 1. The highest BCUT2D eigenvalue weighted by Gasteiger charge is 2.29. The molecule has 4 heteroatoms. The van der Waals surface area contributed by atoms with E-state index in [-0.39, 0.29) is 5.91 Å². The molecule has 2 rings (SSSR count). The Morgan fingerprint density at radius 3 is 2.65 bits per heavy atom. The van der Waals surface area contributed by atoms with E-state index in [1.807, 2.05) is 24.3 Å². The zero-order valence-corrected chi connectivity index (χ0v) is 10.1. The van der Waals surface area contributed by atoms with Crippen molar-refractivity contribution in [2.45, 2.75) is 19.4 Å². The fraction of sp³-hybridized carbons (Fsp3) is 0.308. The molecule has 0 unspecified atom stereocenters. The van der Waals surface area contributed by atoms with Crippen LogP contribution in [0, 0.1) is 0 Å². The van der Waals surface area contributed by atoms with Crippen molar-refractivity contribution >= 4 is 22.6 Å². The lowest BCUT2D eigenvalue weighted by Gasteiger charge is -2.23. The average molecular weight is 233 g/mol. The first-order valence-corrected chi connectivity index (χ1v) is 5.38. The van der Waals surface area contributed by atoms with Gasteiger partial charge in [-0.1, -0.05) is 12.1 Å². The molecule has 0 bridgehead atoms. The van der Waals surface area contributed by atoms with E-state index in [0.29, 0.717) is 5.69 Å². The molecule has 0 atom stereocenters. The third kappa shape index (κ3) is 2.03. The molecule has 0 aliphatic rings. The minimum Gasteiger partial charge on any atom is -0.462 e. The van der Waals surface area contributed by atoms with E-state index in [0.717, 1.165) is 11.0 Å². The van der Waals surface area contributed by atoms with E-state index in [1.54, 1.807) is 7.05 Å². The van der Waals surface area contributed by atoms with Gasteiger partial charge < -0.3 is 14.4 Å². The second kappa shape index (κ2) is 3.89. The van der Waals surface area contributed by atoms with Crippen LogP contribution in [-0.4, -0.2) is 23.7 Å². The van der Waals surface area contributed by atoms with Crippen LogP contribution in [0.5, 0.6) is 0 Å². The number of nitrogens with zero attached hydrogens (tertiary/aromatic N) is 1. The Bertz CT molecular complexity index is 551. The van der Waals surface area contributed by atoms with Crippen LogP contribution in [-0.2, 0) is 4.79 Å². The van der Waals surface area contributed by atoms with Crippen molar-refractivity contribution in [1.82, 2.24) is 0 Å². The highest BCUT2D eigenvalue weighted by molar-refractivity contribution is 6.04. The first-order chi connectivity index (χ1) is 7.91. The largest absolute Gasteiger partial charge is 0.462 e. The normalized spacial score (nSPS) is 11.8. The van der Waals surface area contributed by atoms with Crippen LogP contribution in [0.3, 0.4) is 0 Å². The molecule has 2 aromatic rings. The van der Waals surface area contributed by atoms with Crippen LogP contribution in [0.1, 0.15) is 13.8 Å². The average Bonchev–Trinajstić information content (AvgIpc) is 2.69. The molecule has 1 aromatic carbocycles. The standard InChI is InChI=1S/C13H15NO3/c1-13(2,16)12(15)14(3)10-8-17-11-7-5-4-6-9(10)11/h4-8,16H,1-3H3. The number of hydrogen-bond acceptors (Lipinski definition) is 3. The highest BCUT2D eigenvalue weighted by atomic mass is 16.3. The van der Waals surface area contributed by atoms with Crippen LogP contribution in [0.4, 0.5) is 5.69 Å². The Morgan fingerprint density at radius 2 is 2.00 bits per heavy atom. The minimum atomic E-state index is -1.40. The molecule has 0 saturated heterocycles. The zero-order valence-electron chi connectivity index (χ0n) is 10.1. The number of rotatable bonds is 2. The van der Waals surface area contributed by atoms with Crippen molar-refractivity contribution in [3.8, 4) is 0 Å². The number of likely N-dealkylation sites (N-methyl/N-ethyl adjacent to an activating group) is 1. The summed E-state index contributed by atoms with van der Waals surface area (Å²) in [7, 11) is 1.62. The minimum absolute atomic E-state index is 0.371. The number of hydrogen-bond donors (Lipinski definition) is 1. The van der Waals surface area contributed by atoms with Gasteiger partial charge in [0.1, 0.15) is 17.4 Å². The van der Waals surface area contributed by atoms with Gasteiger partial charge in [-0.3, -0.25) is 4.79 Å². The van der Waals surface area contributed by atoms with Crippen molar-refractivity contribution in [1.29, 1.82) is 0 Å². The van der Waals surface area contributed by atoms with E-state index in [1.165, 1.54) is 25.0 Å². The lowest BCUT2D eigenvalue weighted by Crippen LogP contribution is -2.43. The number of carbonyl (C=O) groups excluding carboxylic acids is 1. The number of furan rings is 1.